The second-order valence-electron chi connectivity index (χ2n) is 4.60. The summed E-state index contributed by atoms with van der Waals surface area (Å²) in [6.45, 7) is 7.17. The first kappa shape index (κ1) is 16.9. The van der Waals surface area contributed by atoms with Crippen LogP contribution in [-0.4, -0.2) is 39.4 Å². The highest BCUT2D eigenvalue weighted by Crippen LogP contribution is 2.16. The van der Waals surface area contributed by atoms with E-state index in [0.717, 1.165) is 24.9 Å². The van der Waals surface area contributed by atoms with Gasteiger partial charge < -0.3 is 5.32 Å². The first-order valence-corrected chi connectivity index (χ1v) is 8.34. The van der Waals surface area contributed by atoms with Gasteiger partial charge in [-0.15, -0.1) is 6.58 Å². The summed E-state index contributed by atoms with van der Waals surface area (Å²) < 4.78 is 26.2. The van der Waals surface area contributed by atoms with Crippen molar-refractivity contribution in [3.63, 3.8) is 0 Å². The van der Waals surface area contributed by atoms with E-state index >= 15 is 0 Å². The lowest BCUT2D eigenvalue weighted by molar-refractivity contribution is 0.460. The van der Waals surface area contributed by atoms with Gasteiger partial charge in [0.25, 0.3) is 0 Å². The zero-order valence-electron chi connectivity index (χ0n) is 12.3. The molecule has 0 saturated heterocycles. The molecule has 0 radical (unpaired) electrons. The van der Waals surface area contributed by atoms with Gasteiger partial charge in [-0.3, -0.25) is 0 Å². The number of nitrogens with zero attached hydrogens (tertiary/aromatic N) is 1. The SMILES string of the molecule is C=CCN(CC)S(=O)(=O)c1ccc(CCCNC)cc1. The van der Waals surface area contributed by atoms with E-state index in [0.29, 0.717) is 18.0 Å². The van der Waals surface area contributed by atoms with Gasteiger partial charge in [0.05, 0.1) is 4.90 Å². The Morgan fingerprint density at radius 2 is 1.95 bits per heavy atom. The highest BCUT2D eigenvalue weighted by Gasteiger charge is 2.21. The van der Waals surface area contributed by atoms with Crippen LogP contribution in [0.4, 0.5) is 0 Å². The predicted octanol–water partition coefficient (Wildman–Crippen LogP) is 2.04. The van der Waals surface area contributed by atoms with Crippen molar-refractivity contribution in [2.45, 2.75) is 24.7 Å². The molecule has 0 atom stereocenters. The van der Waals surface area contributed by atoms with Gasteiger partial charge in [0.2, 0.25) is 10.0 Å². The summed E-state index contributed by atoms with van der Waals surface area (Å²) >= 11 is 0. The average Bonchev–Trinajstić information content (AvgIpc) is 2.45. The fourth-order valence-electron chi connectivity index (χ4n) is 1.99. The molecule has 0 saturated carbocycles. The van der Waals surface area contributed by atoms with Crippen molar-refractivity contribution >= 4 is 10.0 Å². The fraction of sp³-hybridized carbons (Fsp3) is 0.467. The Balaban J connectivity index is 2.83. The fourth-order valence-corrected chi connectivity index (χ4v) is 3.41. The van der Waals surface area contributed by atoms with Crippen molar-refractivity contribution in [3.8, 4) is 0 Å². The van der Waals surface area contributed by atoms with Crippen LogP contribution in [-0.2, 0) is 16.4 Å². The van der Waals surface area contributed by atoms with E-state index in [9.17, 15) is 8.42 Å². The molecule has 1 N–H and O–H groups in total. The molecule has 4 nitrogen and oxygen atoms in total. The lowest BCUT2D eigenvalue weighted by Gasteiger charge is -2.18. The maximum Gasteiger partial charge on any atom is 0.243 e. The standard InChI is InChI=1S/C15H24N2O2S/c1-4-13-17(5-2)20(18,19)15-10-8-14(9-11-15)7-6-12-16-3/h4,8-11,16H,1,5-7,12-13H2,2-3H3. The second kappa shape index (κ2) is 8.19. The molecule has 0 amide bonds. The molecule has 112 valence electrons. The molecule has 20 heavy (non-hydrogen) atoms. The van der Waals surface area contributed by atoms with E-state index in [2.05, 4.69) is 11.9 Å². The summed E-state index contributed by atoms with van der Waals surface area (Å²) in [5.74, 6) is 0. The van der Waals surface area contributed by atoms with E-state index in [4.69, 9.17) is 0 Å². The summed E-state index contributed by atoms with van der Waals surface area (Å²) in [6, 6.07) is 7.17. The third-order valence-electron chi connectivity index (χ3n) is 3.14. The molecular formula is C15H24N2O2S. The molecule has 0 unspecified atom stereocenters. The van der Waals surface area contributed by atoms with Crippen molar-refractivity contribution in [2.75, 3.05) is 26.7 Å². The second-order valence-corrected chi connectivity index (χ2v) is 6.53. The van der Waals surface area contributed by atoms with Crippen LogP contribution in [0.25, 0.3) is 0 Å². The number of benzene rings is 1. The van der Waals surface area contributed by atoms with Gasteiger partial charge in [-0.05, 0) is 44.1 Å². The Labute approximate surface area is 122 Å². The maximum atomic E-state index is 12.4. The van der Waals surface area contributed by atoms with Crippen molar-refractivity contribution in [1.29, 1.82) is 0 Å². The molecule has 1 rings (SSSR count). The predicted molar refractivity (Wildman–Crippen MR) is 83.3 cm³/mol. The van der Waals surface area contributed by atoms with E-state index < -0.39 is 10.0 Å². The third kappa shape index (κ3) is 4.44. The smallest absolute Gasteiger partial charge is 0.243 e. The highest BCUT2D eigenvalue weighted by atomic mass is 32.2. The zero-order valence-corrected chi connectivity index (χ0v) is 13.1. The third-order valence-corrected chi connectivity index (χ3v) is 5.09. The van der Waals surface area contributed by atoms with Crippen LogP contribution >= 0.6 is 0 Å². The molecule has 0 spiro atoms. The Kier molecular flexibility index (Phi) is 6.91. The number of sulfonamides is 1. The Bertz CT molecular complexity index is 509. The topological polar surface area (TPSA) is 49.4 Å². The molecule has 0 heterocycles. The normalized spacial score (nSPS) is 11.8. The molecule has 1 aromatic carbocycles. The molecular weight excluding hydrogens is 272 g/mol. The van der Waals surface area contributed by atoms with Gasteiger partial charge in [-0.1, -0.05) is 25.1 Å². The van der Waals surface area contributed by atoms with Crippen LogP contribution in [0.5, 0.6) is 0 Å². The van der Waals surface area contributed by atoms with Crippen molar-refractivity contribution in [1.82, 2.24) is 9.62 Å². The minimum absolute atomic E-state index is 0.336. The van der Waals surface area contributed by atoms with Crippen molar-refractivity contribution in [3.05, 3.63) is 42.5 Å². The van der Waals surface area contributed by atoms with Crippen LogP contribution in [0, 0.1) is 0 Å². The van der Waals surface area contributed by atoms with Crippen LogP contribution in [0.3, 0.4) is 0 Å². The summed E-state index contributed by atoms with van der Waals surface area (Å²) in [4.78, 5) is 0.346. The summed E-state index contributed by atoms with van der Waals surface area (Å²) in [5, 5.41) is 3.10. The highest BCUT2D eigenvalue weighted by molar-refractivity contribution is 7.89. The van der Waals surface area contributed by atoms with Crippen LogP contribution < -0.4 is 5.32 Å². The molecule has 0 aliphatic heterocycles. The first-order chi connectivity index (χ1) is 9.56. The van der Waals surface area contributed by atoms with Gasteiger partial charge in [0.15, 0.2) is 0 Å². The Hall–Kier alpha value is -1.17. The number of hydrogen-bond donors (Lipinski definition) is 1. The molecule has 0 aromatic heterocycles. The van der Waals surface area contributed by atoms with Crippen LogP contribution in [0.15, 0.2) is 41.8 Å². The largest absolute Gasteiger partial charge is 0.320 e. The van der Waals surface area contributed by atoms with Gasteiger partial charge in [0, 0.05) is 13.1 Å². The Morgan fingerprint density at radius 1 is 1.30 bits per heavy atom. The number of aryl methyl sites for hydroxylation is 1. The zero-order chi connectivity index (χ0) is 15.0. The van der Waals surface area contributed by atoms with Crippen LogP contribution in [0.2, 0.25) is 0 Å². The lowest BCUT2D eigenvalue weighted by Crippen LogP contribution is -2.31. The Morgan fingerprint density at radius 3 is 2.45 bits per heavy atom. The summed E-state index contributed by atoms with van der Waals surface area (Å²) in [5.41, 5.74) is 1.16. The molecule has 1 aromatic rings. The monoisotopic (exact) mass is 296 g/mol. The van der Waals surface area contributed by atoms with Gasteiger partial charge >= 0.3 is 0 Å². The molecule has 0 fully saturated rings. The molecule has 0 aliphatic rings. The average molecular weight is 296 g/mol. The van der Waals surface area contributed by atoms with Crippen LogP contribution in [0.1, 0.15) is 18.9 Å². The van der Waals surface area contributed by atoms with E-state index in [1.54, 1.807) is 18.2 Å². The van der Waals surface area contributed by atoms with E-state index in [1.807, 2.05) is 26.1 Å². The molecule has 0 aliphatic carbocycles. The quantitative estimate of drug-likeness (QED) is 0.560. The number of likely N-dealkylation sites (N-methyl/N-ethyl adjacent to an activating group) is 1. The van der Waals surface area contributed by atoms with E-state index in [1.165, 1.54) is 4.31 Å². The molecule has 5 heteroatoms. The van der Waals surface area contributed by atoms with Crippen molar-refractivity contribution < 1.29 is 8.42 Å². The molecule has 0 bridgehead atoms. The van der Waals surface area contributed by atoms with Gasteiger partial charge in [0.1, 0.15) is 0 Å². The van der Waals surface area contributed by atoms with Gasteiger partial charge in [-0.2, -0.15) is 4.31 Å². The maximum absolute atomic E-state index is 12.4. The number of nitrogens with one attached hydrogen (secondary N) is 1. The number of rotatable bonds is 9. The van der Waals surface area contributed by atoms with E-state index in [-0.39, 0.29) is 0 Å². The van der Waals surface area contributed by atoms with Crippen molar-refractivity contribution in [2.24, 2.45) is 0 Å². The summed E-state index contributed by atoms with van der Waals surface area (Å²) in [6.07, 6.45) is 3.60. The van der Waals surface area contributed by atoms with Gasteiger partial charge in [-0.25, -0.2) is 8.42 Å². The lowest BCUT2D eigenvalue weighted by atomic mass is 10.1. The minimum atomic E-state index is -3.41. The minimum Gasteiger partial charge on any atom is -0.320 e. The summed E-state index contributed by atoms with van der Waals surface area (Å²) in [7, 11) is -1.48. The first-order valence-electron chi connectivity index (χ1n) is 6.90. The number of hydrogen-bond acceptors (Lipinski definition) is 3.